The Hall–Kier alpha value is -0.110. The summed E-state index contributed by atoms with van der Waals surface area (Å²) < 4.78 is 12.5. The van der Waals surface area contributed by atoms with E-state index in [0.717, 1.165) is 19.3 Å². The Morgan fingerprint density at radius 1 is 1.56 bits per heavy atom. The number of rotatable bonds is 1. The van der Waals surface area contributed by atoms with E-state index in [1.807, 2.05) is 0 Å². The van der Waals surface area contributed by atoms with E-state index in [4.69, 9.17) is 5.73 Å². The second-order valence-corrected chi connectivity index (χ2v) is 3.01. The maximum atomic E-state index is 12.5. The molecule has 0 aliphatic heterocycles. The van der Waals surface area contributed by atoms with Crippen LogP contribution in [0, 0.1) is 5.92 Å². The van der Waals surface area contributed by atoms with Crippen LogP contribution in [0.1, 0.15) is 26.2 Å². The van der Waals surface area contributed by atoms with Gasteiger partial charge in [0.2, 0.25) is 0 Å². The Balaban J connectivity index is 2.30. The van der Waals surface area contributed by atoms with Crippen molar-refractivity contribution < 1.29 is 4.39 Å². The van der Waals surface area contributed by atoms with Gasteiger partial charge in [-0.1, -0.05) is 0 Å². The predicted molar refractivity (Wildman–Crippen MR) is 35.9 cm³/mol. The highest BCUT2D eigenvalue weighted by atomic mass is 19.1. The number of alkyl halides is 1. The normalized spacial score (nSPS) is 39.0. The van der Waals surface area contributed by atoms with Crippen LogP contribution in [0.2, 0.25) is 0 Å². The minimum atomic E-state index is -0.654. The van der Waals surface area contributed by atoms with Gasteiger partial charge in [-0.3, -0.25) is 0 Å². The smallest absolute Gasteiger partial charge is 0.100 e. The van der Waals surface area contributed by atoms with Crippen LogP contribution in [0.4, 0.5) is 4.39 Å². The Bertz CT molecular complexity index is 92.9. The van der Waals surface area contributed by atoms with E-state index in [0.29, 0.717) is 0 Å². The molecule has 0 radical (unpaired) electrons. The largest absolute Gasteiger partial charge is 0.328 e. The van der Waals surface area contributed by atoms with Gasteiger partial charge in [0, 0.05) is 6.04 Å². The summed E-state index contributed by atoms with van der Waals surface area (Å²) in [6.45, 7) is 1.63. The molecule has 0 bridgehead atoms. The molecule has 1 aliphatic rings. The molecule has 0 saturated heterocycles. The fraction of sp³-hybridized carbons (Fsp3) is 1.00. The molecular formula is C7H14FN. The topological polar surface area (TPSA) is 26.0 Å². The fourth-order valence-electron chi connectivity index (χ4n) is 1.47. The summed E-state index contributed by atoms with van der Waals surface area (Å²) in [5, 5.41) is 0. The van der Waals surface area contributed by atoms with Crippen molar-refractivity contribution in [3.8, 4) is 0 Å². The van der Waals surface area contributed by atoms with E-state index < -0.39 is 6.17 Å². The first-order valence-electron chi connectivity index (χ1n) is 3.60. The first-order valence-corrected chi connectivity index (χ1v) is 3.60. The molecule has 1 fully saturated rings. The summed E-state index contributed by atoms with van der Waals surface area (Å²) in [5.41, 5.74) is 5.60. The molecule has 9 heavy (non-hydrogen) atoms. The molecule has 2 N–H and O–H groups in total. The summed E-state index contributed by atoms with van der Waals surface area (Å²) >= 11 is 0. The lowest BCUT2D eigenvalue weighted by Crippen LogP contribution is -2.17. The molecule has 54 valence electrons. The van der Waals surface area contributed by atoms with Crippen LogP contribution in [-0.4, -0.2) is 12.2 Å². The summed E-state index contributed by atoms with van der Waals surface area (Å²) in [6.07, 6.45) is 2.23. The molecule has 1 rings (SSSR count). The Kier molecular flexibility index (Phi) is 2.06. The van der Waals surface area contributed by atoms with Gasteiger partial charge in [0.15, 0.2) is 0 Å². The van der Waals surface area contributed by atoms with Crippen molar-refractivity contribution in [3.05, 3.63) is 0 Å². The summed E-state index contributed by atoms with van der Waals surface area (Å²) in [5.74, 6) is 0.250. The van der Waals surface area contributed by atoms with E-state index >= 15 is 0 Å². The van der Waals surface area contributed by atoms with Crippen LogP contribution < -0.4 is 5.73 Å². The van der Waals surface area contributed by atoms with Gasteiger partial charge in [0.25, 0.3) is 0 Å². The third kappa shape index (κ3) is 1.65. The van der Waals surface area contributed by atoms with Crippen molar-refractivity contribution in [1.29, 1.82) is 0 Å². The molecule has 0 heterocycles. The van der Waals surface area contributed by atoms with E-state index in [-0.39, 0.29) is 12.0 Å². The van der Waals surface area contributed by atoms with Gasteiger partial charge in [0.1, 0.15) is 6.17 Å². The highest BCUT2D eigenvalue weighted by molar-refractivity contribution is 4.80. The first kappa shape index (κ1) is 7.00. The third-order valence-corrected chi connectivity index (χ3v) is 2.16. The maximum absolute atomic E-state index is 12.5. The van der Waals surface area contributed by atoms with Crippen LogP contribution in [0.3, 0.4) is 0 Å². The minimum absolute atomic E-state index is 0.250. The zero-order chi connectivity index (χ0) is 6.85. The monoisotopic (exact) mass is 131 g/mol. The quantitative estimate of drug-likeness (QED) is 0.573. The van der Waals surface area contributed by atoms with Crippen LogP contribution in [0.5, 0.6) is 0 Å². The molecule has 1 aliphatic carbocycles. The second-order valence-electron chi connectivity index (χ2n) is 3.01. The van der Waals surface area contributed by atoms with Crippen LogP contribution in [-0.2, 0) is 0 Å². The molecule has 0 amide bonds. The van der Waals surface area contributed by atoms with Gasteiger partial charge in [-0.2, -0.15) is 0 Å². The zero-order valence-corrected chi connectivity index (χ0v) is 5.81. The van der Waals surface area contributed by atoms with Crippen molar-refractivity contribution in [3.63, 3.8) is 0 Å². The Morgan fingerprint density at radius 3 is 2.44 bits per heavy atom. The first-order chi connectivity index (χ1) is 4.20. The SMILES string of the molecule is CC(F)C1CCC(N)C1. The molecule has 0 aromatic heterocycles. The number of hydrogen-bond donors (Lipinski definition) is 1. The van der Waals surface area contributed by atoms with Gasteiger partial charge < -0.3 is 5.73 Å². The van der Waals surface area contributed by atoms with Crippen LogP contribution in [0.15, 0.2) is 0 Å². The highest BCUT2D eigenvalue weighted by Gasteiger charge is 2.25. The molecule has 2 heteroatoms. The standard InChI is InChI=1S/C7H14FN/c1-5(8)6-2-3-7(9)4-6/h5-7H,2-4,9H2,1H3. The molecule has 1 nitrogen and oxygen atoms in total. The predicted octanol–water partition coefficient (Wildman–Crippen LogP) is 1.47. The number of hydrogen-bond acceptors (Lipinski definition) is 1. The van der Waals surface area contributed by atoms with Crippen molar-refractivity contribution in [2.24, 2.45) is 11.7 Å². The highest BCUT2D eigenvalue weighted by Crippen LogP contribution is 2.28. The van der Waals surface area contributed by atoms with Crippen molar-refractivity contribution in [1.82, 2.24) is 0 Å². The van der Waals surface area contributed by atoms with Crippen molar-refractivity contribution in [2.75, 3.05) is 0 Å². The molecule has 0 spiro atoms. The molecule has 0 aromatic rings. The summed E-state index contributed by atoms with van der Waals surface area (Å²) in [4.78, 5) is 0. The zero-order valence-electron chi connectivity index (χ0n) is 5.81. The number of halogens is 1. The number of nitrogens with two attached hydrogens (primary N) is 1. The van der Waals surface area contributed by atoms with E-state index in [1.165, 1.54) is 0 Å². The van der Waals surface area contributed by atoms with Crippen LogP contribution in [0.25, 0.3) is 0 Å². The van der Waals surface area contributed by atoms with Gasteiger partial charge in [-0.25, -0.2) is 4.39 Å². The second kappa shape index (κ2) is 2.65. The van der Waals surface area contributed by atoms with E-state index in [9.17, 15) is 4.39 Å². The summed E-state index contributed by atoms with van der Waals surface area (Å²) in [6, 6.07) is 0.271. The van der Waals surface area contributed by atoms with Crippen molar-refractivity contribution in [2.45, 2.75) is 38.4 Å². The molecular weight excluding hydrogens is 117 g/mol. The molecule has 3 atom stereocenters. The van der Waals surface area contributed by atoms with Gasteiger partial charge in [-0.05, 0) is 32.1 Å². The lowest BCUT2D eigenvalue weighted by Gasteiger charge is -2.08. The Morgan fingerprint density at radius 2 is 2.22 bits per heavy atom. The molecule has 1 saturated carbocycles. The lowest BCUT2D eigenvalue weighted by molar-refractivity contribution is 0.251. The molecule has 0 aromatic carbocycles. The summed E-state index contributed by atoms with van der Waals surface area (Å²) in [7, 11) is 0. The van der Waals surface area contributed by atoms with Gasteiger partial charge in [0.05, 0.1) is 0 Å². The van der Waals surface area contributed by atoms with Gasteiger partial charge >= 0.3 is 0 Å². The minimum Gasteiger partial charge on any atom is -0.328 e. The maximum Gasteiger partial charge on any atom is 0.100 e. The third-order valence-electron chi connectivity index (χ3n) is 2.16. The average Bonchev–Trinajstić information content (AvgIpc) is 2.14. The Labute approximate surface area is 55.4 Å². The van der Waals surface area contributed by atoms with Gasteiger partial charge in [-0.15, -0.1) is 0 Å². The van der Waals surface area contributed by atoms with Crippen LogP contribution >= 0.6 is 0 Å². The lowest BCUT2D eigenvalue weighted by atomic mass is 10.0. The average molecular weight is 131 g/mol. The van der Waals surface area contributed by atoms with E-state index in [1.54, 1.807) is 6.92 Å². The van der Waals surface area contributed by atoms with Crippen molar-refractivity contribution >= 4 is 0 Å². The molecule has 3 unspecified atom stereocenters. The van der Waals surface area contributed by atoms with E-state index in [2.05, 4.69) is 0 Å². The fourth-order valence-corrected chi connectivity index (χ4v) is 1.47.